The Kier molecular flexibility index (Phi) is 4.70. The van der Waals surface area contributed by atoms with E-state index in [4.69, 9.17) is 0 Å². The van der Waals surface area contributed by atoms with Gasteiger partial charge in [0.05, 0.1) is 12.1 Å². The third-order valence-corrected chi connectivity index (χ3v) is 5.79. The summed E-state index contributed by atoms with van der Waals surface area (Å²) >= 11 is 0. The van der Waals surface area contributed by atoms with Crippen LogP contribution in [-0.2, 0) is 11.3 Å². The van der Waals surface area contributed by atoms with Crippen LogP contribution in [0.3, 0.4) is 0 Å². The van der Waals surface area contributed by atoms with Gasteiger partial charge in [-0.05, 0) is 49.4 Å². The van der Waals surface area contributed by atoms with Gasteiger partial charge in [-0.3, -0.25) is 14.6 Å². The van der Waals surface area contributed by atoms with Crippen LogP contribution in [-0.4, -0.2) is 54.5 Å². The van der Waals surface area contributed by atoms with Gasteiger partial charge in [-0.1, -0.05) is 18.2 Å². The lowest BCUT2D eigenvalue weighted by atomic mass is 9.92. The number of hydrogen-bond donors (Lipinski definition) is 0. The van der Waals surface area contributed by atoms with Crippen molar-refractivity contribution in [3.8, 4) is 0 Å². The Labute approximate surface area is 158 Å². The topological polar surface area (TPSA) is 26.8 Å². The van der Waals surface area contributed by atoms with E-state index in [2.05, 4.69) is 9.80 Å². The molecule has 4 nitrogen and oxygen atoms in total. The maximum Gasteiger partial charge on any atom is 0.241 e. The van der Waals surface area contributed by atoms with Crippen molar-refractivity contribution in [2.45, 2.75) is 18.5 Å². The second-order valence-corrected chi connectivity index (χ2v) is 7.63. The Morgan fingerprint density at radius 1 is 1.04 bits per heavy atom. The number of amides is 1. The Morgan fingerprint density at radius 3 is 2.56 bits per heavy atom. The quantitative estimate of drug-likeness (QED) is 0.830. The SMILES string of the molecule is CN1CC(=O)N(c2cccc(F)c2)C[C@@]12CCN(Cc1ccc(F)cc1)C2. The summed E-state index contributed by atoms with van der Waals surface area (Å²) in [6, 6.07) is 12.8. The molecule has 0 saturated carbocycles. The van der Waals surface area contributed by atoms with Crippen LogP contribution in [0.4, 0.5) is 14.5 Å². The van der Waals surface area contributed by atoms with E-state index >= 15 is 0 Å². The van der Waals surface area contributed by atoms with Crippen LogP contribution >= 0.6 is 0 Å². The highest BCUT2D eigenvalue weighted by atomic mass is 19.1. The molecule has 2 aliphatic rings. The van der Waals surface area contributed by atoms with Crippen LogP contribution in [0.15, 0.2) is 48.5 Å². The number of hydrogen-bond acceptors (Lipinski definition) is 3. The van der Waals surface area contributed by atoms with Gasteiger partial charge in [0.1, 0.15) is 11.6 Å². The van der Waals surface area contributed by atoms with Gasteiger partial charge in [0.2, 0.25) is 5.91 Å². The summed E-state index contributed by atoms with van der Waals surface area (Å²) in [5, 5.41) is 0. The first kappa shape index (κ1) is 18.1. The smallest absolute Gasteiger partial charge is 0.241 e. The minimum Gasteiger partial charge on any atom is -0.309 e. The molecule has 1 atom stereocenters. The van der Waals surface area contributed by atoms with Crippen molar-refractivity contribution in [1.29, 1.82) is 0 Å². The first-order chi connectivity index (χ1) is 12.9. The summed E-state index contributed by atoms with van der Waals surface area (Å²) in [5.74, 6) is -0.573. The Morgan fingerprint density at radius 2 is 1.81 bits per heavy atom. The minimum absolute atomic E-state index is 0.00860. The number of rotatable bonds is 3. The fourth-order valence-electron chi connectivity index (χ4n) is 4.20. The summed E-state index contributed by atoms with van der Waals surface area (Å²) in [6.07, 6.45) is 0.934. The van der Waals surface area contributed by atoms with Crippen LogP contribution in [0.2, 0.25) is 0 Å². The number of likely N-dealkylation sites (tertiary alicyclic amines) is 1. The number of halogens is 2. The van der Waals surface area contributed by atoms with E-state index in [1.54, 1.807) is 17.0 Å². The van der Waals surface area contributed by atoms with Gasteiger partial charge in [-0.25, -0.2) is 8.78 Å². The molecule has 0 N–H and O–H groups in total. The van der Waals surface area contributed by atoms with E-state index in [-0.39, 0.29) is 23.1 Å². The Balaban J connectivity index is 1.51. The molecule has 27 heavy (non-hydrogen) atoms. The van der Waals surface area contributed by atoms with Gasteiger partial charge >= 0.3 is 0 Å². The summed E-state index contributed by atoms with van der Waals surface area (Å²) in [4.78, 5) is 18.8. The zero-order valence-corrected chi connectivity index (χ0v) is 15.4. The van der Waals surface area contributed by atoms with Gasteiger partial charge in [-0.15, -0.1) is 0 Å². The first-order valence-electron chi connectivity index (χ1n) is 9.19. The van der Waals surface area contributed by atoms with Crippen LogP contribution in [0.5, 0.6) is 0 Å². The van der Waals surface area contributed by atoms with Crippen molar-refractivity contribution in [3.05, 3.63) is 65.7 Å². The molecule has 0 radical (unpaired) electrons. The van der Waals surface area contributed by atoms with Gasteiger partial charge < -0.3 is 4.90 Å². The highest BCUT2D eigenvalue weighted by molar-refractivity contribution is 5.96. The number of nitrogens with zero attached hydrogens (tertiary/aromatic N) is 3. The Bertz CT molecular complexity index is 842. The molecule has 6 heteroatoms. The van der Waals surface area contributed by atoms with Crippen molar-refractivity contribution < 1.29 is 13.6 Å². The van der Waals surface area contributed by atoms with E-state index < -0.39 is 0 Å². The number of benzene rings is 2. The molecule has 2 aliphatic heterocycles. The lowest BCUT2D eigenvalue weighted by Crippen LogP contribution is -2.64. The molecule has 2 saturated heterocycles. The van der Waals surface area contributed by atoms with E-state index in [1.807, 2.05) is 19.2 Å². The maximum atomic E-state index is 13.6. The van der Waals surface area contributed by atoms with Crippen LogP contribution in [0.1, 0.15) is 12.0 Å². The molecule has 0 unspecified atom stereocenters. The summed E-state index contributed by atoms with van der Waals surface area (Å²) in [5.41, 5.74) is 1.54. The average Bonchev–Trinajstić information content (AvgIpc) is 3.04. The van der Waals surface area contributed by atoms with Gasteiger partial charge in [0, 0.05) is 31.9 Å². The number of carbonyl (C=O) groups excluding carboxylic acids is 1. The van der Waals surface area contributed by atoms with E-state index in [0.717, 1.165) is 31.6 Å². The molecule has 0 aliphatic carbocycles. The van der Waals surface area contributed by atoms with Crippen molar-refractivity contribution in [1.82, 2.24) is 9.80 Å². The van der Waals surface area contributed by atoms with Gasteiger partial charge in [-0.2, -0.15) is 0 Å². The molecule has 1 amide bonds. The van der Waals surface area contributed by atoms with E-state index in [9.17, 15) is 13.6 Å². The van der Waals surface area contributed by atoms with Crippen LogP contribution in [0, 0.1) is 11.6 Å². The fourth-order valence-corrected chi connectivity index (χ4v) is 4.20. The van der Waals surface area contributed by atoms with Crippen molar-refractivity contribution in [2.75, 3.05) is 38.1 Å². The molecule has 0 aromatic heterocycles. The first-order valence-corrected chi connectivity index (χ1v) is 9.19. The average molecular weight is 371 g/mol. The van der Waals surface area contributed by atoms with E-state index in [1.165, 1.54) is 24.3 Å². The maximum absolute atomic E-state index is 13.6. The lowest BCUT2D eigenvalue weighted by molar-refractivity contribution is -0.123. The largest absolute Gasteiger partial charge is 0.309 e. The predicted molar refractivity (Wildman–Crippen MR) is 100 cm³/mol. The number of anilines is 1. The molecule has 2 aromatic rings. The molecular formula is C21H23F2N3O. The normalized spacial score (nSPS) is 24.1. The van der Waals surface area contributed by atoms with Crippen molar-refractivity contribution >= 4 is 11.6 Å². The Hall–Kier alpha value is -2.31. The van der Waals surface area contributed by atoms with Gasteiger partial charge in [0.15, 0.2) is 0 Å². The molecule has 0 bridgehead atoms. The summed E-state index contributed by atoms with van der Waals surface area (Å²) in [7, 11) is 1.99. The standard InChI is InChI=1S/C21H23F2N3O/c1-24-13-20(27)26(19-4-2-3-18(23)11-19)15-21(24)9-10-25(14-21)12-16-5-7-17(22)8-6-16/h2-8,11H,9-10,12-15H2,1H3/t21-/m0/s1. The number of carbonyl (C=O) groups is 1. The highest BCUT2D eigenvalue weighted by Crippen LogP contribution is 2.34. The molecule has 1 spiro atoms. The third kappa shape index (κ3) is 3.59. The highest BCUT2D eigenvalue weighted by Gasteiger charge is 2.47. The minimum atomic E-state index is -0.336. The third-order valence-electron chi connectivity index (χ3n) is 5.79. The molecule has 142 valence electrons. The molecular weight excluding hydrogens is 348 g/mol. The lowest BCUT2D eigenvalue weighted by Gasteiger charge is -2.47. The summed E-state index contributed by atoms with van der Waals surface area (Å²) in [6.45, 7) is 3.35. The summed E-state index contributed by atoms with van der Waals surface area (Å²) < 4.78 is 26.8. The molecule has 4 rings (SSSR count). The molecule has 2 aromatic carbocycles. The second-order valence-electron chi connectivity index (χ2n) is 7.63. The van der Waals surface area contributed by atoms with Crippen LogP contribution in [0.25, 0.3) is 0 Å². The predicted octanol–water partition coefficient (Wildman–Crippen LogP) is 2.89. The van der Waals surface area contributed by atoms with Crippen molar-refractivity contribution in [3.63, 3.8) is 0 Å². The van der Waals surface area contributed by atoms with E-state index in [0.29, 0.717) is 18.8 Å². The number of piperazine rings is 1. The fraction of sp³-hybridized carbons (Fsp3) is 0.381. The van der Waals surface area contributed by atoms with Crippen LogP contribution < -0.4 is 4.90 Å². The number of likely N-dealkylation sites (N-methyl/N-ethyl adjacent to an activating group) is 1. The van der Waals surface area contributed by atoms with Gasteiger partial charge in [0.25, 0.3) is 0 Å². The molecule has 2 fully saturated rings. The van der Waals surface area contributed by atoms with Crippen molar-refractivity contribution in [2.24, 2.45) is 0 Å². The monoisotopic (exact) mass is 371 g/mol. The molecule has 2 heterocycles. The second kappa shape index (κ2) is 7.02. The zero-order valence-electron chi connectivity index (χ0n) is 15.4. The zero-order chi connectivity index (χ0) is 19.0.